The number of hydrogen-bond acceptors (Lipinski definition) is 5. The predicted octanol–water partition coefficient (Wildman–Crippen LogP) is 3.23. The van der Waals surface area contributed by atoms with Gasteiger partial charge in [-0.1, -0.05) is 6.42 Å². The topological polar surface area (TPSA) is 38.3 Å². The van der Waals surface area contributed by atoms with Crippen molar-refractivity contribution < 1.29 is 9.53 Å². The van der Waals surface area contributed by atoms with Gasteiger partial charge in [0, 0.05) is 27.6 Å². The van der Waals surface area contributed by atoms with Crippen molar-refractivity contribution in [3.63, 3.8) is 0 Å². The van der Waals surface area contributed by atoms with Crippen LogP contribution in [0.4, 0.5) is 0 Å². The molecule has 2 atom stereocenters. The molecule has 1 aromatic rings. The summed E-state index contributed by atoms with van der Waals surface area (Å²) < 4.78 is 4.69. The van der Waals surface area contributed by atoms with Crippen molar-refractivity contribution in [1.82, 2.24) is 5.32 Å². The number of nitrogens with one attached hydrogen (secondary N) is 1. The summed E-state index contributed by atoms with van der Waals surface area (Å²) in [5, 5.41) is 4.48. The Bertz CT molecular complexity index is 433. The van der Waals surface area contributed by atoms with Gasteiger partial charge in [0.2, 0.25) is 0 Å². The molecule has 0 spiro atoms. The van der Waals surface area contributed by atoms with E-state index in [0.717, 1.165) is 16.7 Å². The molecule has 2 rings (SSSR count). The standard InChI is InChI=1S/C15H23NO2S2/c1-18-15(17)9-13-6-7-14(20-13)10-16-11-4-3-5-12(8-11)19-2/h6-7,11-12,16H,3-5,8-10H2,1-2H3. The molecule has 1 aromatic heterocycles. The van der Waals surface area contributed by atoms with E-state index >= 15 is 0 Å². The number of carbonyl (C=O) groups excluding carboxylic acids is 1. The van der Waals surface area contributed by atoms with Crippen LogP contribution in [0, 0.1) is 0 Å². The maximum atomic E-state index is 11.2. The molecule has 1 aliphatic rings. The molecule has 0 aromatic carbocycles. The number of thioether (sulfide) groups is 1. The summed E-state index contributed by atoms with van der Waals surface area (Å²) in [6.07, 6.45) is 7.87. The molecule has 112 valence electrons. The Labute approximate surface area is 129 Å². The number of rotatable bonds is 6. The Morgan fingerprint density at radius 2 is 2.25 bits per heavy atom. The van der Waals surface area contributed by atoms with Gasteiger partial charge in [-0.25, -0.2) is 0 Å². The van der Waals surface area contributed by atoms with Gasteiger partial charge in [0.05, 0.1) is 13.5 Å². The van der Waals surface area contributed by atoms with Gasteiger partial charge in [0.15, 0.2) is 0 Å². The van der Waals surface area contributed by atoms with Crippen LogP contribution in [0.25, 0.3) is 0 Å². The molecular formula is C15H23NO2S2. The van der Waals surface area contributed by atoms with Crippen molar-refractivity contribution in [1.29, 1.82) is 0 Å². The van der Waals surface area contributed by atoms with E-state index in [2.05, 4.69) is 17.6 Å². The molecule has 1 N–H and O–H groups in total. The molecule has 3 nitrogen and oxygen atoms in total. The quantitative estimate of drug-likeness (QED) is 0.818. The smallest absolute Gasteiger partial charge is 0.310 e. The average molecular weight is 313 g/mol. The van der Waals surface area contributed by atoms with Crippen LogP contribution in [0.15, 0.2) is 12.1 Å². The summed E-state index contributed by atoms with van der Waals surface area (Å²) in [5.74, 6) is -0.165. The summed E-state index contributed by atoms with van der Waals surface area (Å²) in [6, 6.07) is 4.79. The molecule has 0 radical (unpaired) electrons. The van der Waals surface area contributed by atoms with E-state index in [9.17, 15) is 4.79 Å². The van der Waals surface area contributed by atoms with Gasteiger partial charge < -0.3 is 10.1 Å². The lowest BCUT2D eigenvalue weighted by molar-refractivity contribution is -0.139. The van der Waals surface area contributed by atoms with Crippen molar-refractivity contribution in [3.05, 3.63) is 21.9 Å². The van der Waals surface area contributed by atoms with E-state index in [-0.39, 0.29) is 5.97 Å². The van der Waals surface area contributed by atoms with Gasteiger partial charge in [-0.3, -0.25) is 4.79 Å². The maximum Gasteiger partial charge on any atom is 0.310 e. The lowest BCUT2D eigenvalue weighted by Gasteiger charge is -2.28. The van der Waals surface area contributed by atoms with Crippen LogP contribution in [0.2, 0.25) is 0 Å². The van der Waals surface area contributed by atoms with E-state index in [1.165, 1.54) is 37.7 Å². The first-order valence-corrected chi connectivity index (χ1v) is 9.22. The zero-order chi connectivity index (χ0) is 14.4. The van der Waals surface area contributed by atoms with E-state index in [1.807, 2.05) is 17.8 Å². The molecule has 1 fully saturated rings. The van der Waals surface area contributed by atoms with Crippen LogP contribution < -0.4 is 5.32 Å². The number of methoxy groups -OCH3 is 1. The minimum absolute atomic E-state index is 0.165. The lowest BCUT2D eigenvalue weighted by Crippen LogP contribution is -2.34. The summed E-state index contributed by atoms with van der Waals surface area (Å²) in [5.41, 5.74) is 0. The van der Waals surface area contributed by atoms with E-state index in [1.54, 1.807) is 11.3 Å². The zero-order valence-corrected chi connectivity index (χ0v) is 13.8. The van der Waals surface area contributed by atoms with Gasteiger partial charge in [-0.2, -0.15) is 11.8 Å². The molecular weight excluding hydrogens is 290 g/mol. The molecule has 0 amide bonds. The third-order valence-corrected chi connectivity index (χ3v) is 5.97. The van der Waals surface area contributed by atoms with E-state index in [0.29, 0.717) is 12.5 Å². The van der Waals surface area contributed by atoms with Gasteiger partial charge in [0.25, 0.3) is 0 Å². The monoisotopic (exact) mass is 313 g/mol. The summed E-state index contributed by atoms with van der Waals surface area (Å²) in [7, 11) is 1.43. The number of carbonyl (C=O) groups is 1. The van der Waals surface area contributed by atoms with Crippen molar-refractivity contribution >= 4 is 29.1 Å². The first-order chi connectivity index (χ1) is 9.71. The SMILES string of the molecule is COC(=O)Cc1ccc(CNC2CCCC(SC)C2)s1. The van der Waals surface area contributed by atoms with Gasteiger partial charge in [-0.15, -0.1) is 11.3 Å². The van der Waals surface area contributed by atoms with Crippen LogP contribution in [0.3, 0.4) is 0 Å². The third kappa shape index (κ3) is 4.79. The first-order valence-electron chi connectivity index (χ1n) is 7.12. The number of hydrogen-bond donors (Lipinski definition) is 1. The fourth-order valence-electron chi connectivity index (χ4n) is 2.62. The molecule has 1 saturated carbocycles. The van der Waals surface area contributed by atoms with E-state index in [4.69, 9.17) is 4.74 Å². The molecule has 1 heterocycles. The van der Waals surface area contributed by atoms with E-state index < -0.39 is 0 Å². The second-order valence-electron chi connectivity index (χ2n) is 5.22. The summed E-state index contributed by atoms with van der Waals surface area (Å²) in [4.78, 5) is 13.6. The zero-order valence-electron chi connectivity index (χ0n) is 12.2. The number of thiophene rings is 1. The summed E-state index contributed by atoms with van der Waals surface area (Å²) in [6.45, 7) is 0.914. The fraction of sp³-hybridized carbons (Fsp3) is 0.667. The second kappa shape index (κ2) is 8.05. The Hall–Kier alpha value is -0.520. The van der Waals surface area contributed by atoms with Crippen molar-refractivity contribution in [3.8, 4) is 0 Å². The Morgan fingerprint density at radius 1 is 1.45 bits per heavy atom. The molecule has 0 bridgehead atoms. The predicted molar refractivity (Wildman–Crippen MR) is 86.4 cm³/mol. The largest absolute Gasteiger partial charge is 0.469 e. The summed E-state index contributed by atoms with van der Waals surface area (Å²) >= 11 is 3.70. The van der Waals surface area contributed by atoms with Crippen LogP contribution in [-0.4, -0.2) is 30.6 Å². The van der Waals surface area contributed by atoms with Crippen LogP contribution >= 0.6 is 23.1 Å². The van der Waals surface area contributed by atoms with Crippen LogP contribution in [0.5, 0.6) is 0 Å². The Kier molecular flexibility index (Phi) is 6.39. The molecule has 0 aliphatic heterocycles. The van der Waals surface area contributed by atoms with Crippen molar-refractivity contribution in [2.75, 3.05) is 13.4 Å². The maximum absolute atomic E-state index is 11.2. The van der Waals surface area contributed by atoms with Gasteiger partial charge in [-0.05, 0) is 37.7 Å². The third-order valence-electron chi connectivity index (χ3n) is 3.79. The molecule has 20 heavy (non-hydrogen) atoms. The molecule has 5 heteroatoms. The van der Waals surface area contributed by atoms with Crippen molar-refractivity contribution in [2.45, 2.75) is 49.9 Å². The molecule has 1 aliphatic carbocycles. The normalized spacial score (nSPS) is 22.7. The second-order valence-corrected chi connectivity index (χ2v) is 7.61. The highest BCUT2D eigenvalue weighted by molar-refractivity contribution is 7.99. The first kappa shape index (κ1) is 15.9. The number of esters is 1. The number of ether oxygens (including phenoxy) is 1. The van der Waals surface area contributed by atoms with Gasteiger partial charge >= 0.3 is 5.97 Å². The Balaban J connectivity index is 1.77. The lowest BCUT2D eigenvalue weighted by atomic mass is 9.95. The van der Waals surface area contributed by atoms with Crippen molar-refractivity contribution in [2.24, 2.45) is 0 Å². The Morgan fingerprint density at radius 3 is 3.00 bits per heavy atom. The highest BCUT2D eigenvalue weighted by Gasteiger charge is 2.20. The molecule has 2 unspecified atom stereocenters. The highest BCUT2D eigenvalue weighted by Crippen LogP contribution is 2.27. The van der Waals surface area contributed by atoms with Crippen LogP contribution in [0.1, 0.15) is 35.4 Å². The fourth-order valence-corrected chi connectivity index (χ4v) is 4.40. The highest BCUT2D eigenvalue weighted by atomic mass is 32.2. The minimum atomic E-state index is -0.165. The minimum Gasteiger partial charge on any atom is -0.469 e. The average Bonchev–Trinajstić information content (AvgIpc) is 2.92. The molecule has 0 saturated heterocycles. The van der Waals surface area contributed by atoms with Crippen LogP contribution in [-0.2, 0) is 22.5 Å². The van der Waals surface area contributed by atoms with Gasteiger partial charge in [0.1, 0.15) is 0 Å².